The molecule has 0 aromatic carbocycles. The third kappa shape index (κ3) is 2.78. The van der Waals surface area contributed by atoms with Gasteiger partial charge in [-0.3, -0.25) is 14.6 Å². The molecule has 2 unspecified atom stereocenters. The van der Waals surface area contributed by atoms with E-state index in [1.54, 1.807) is 0 Å². The lowest BCUT2D eigenvalue weighted by atomic mass is 10.1. The van der Waals surface area contributed by atoms with Crippen LogP contribution in [0, 0.1) is 0 Å². The number of piperazine rings is 2. The highest BCUT2D eigenvalue weighted by Crippen LogP contribution is 2.23. The predicted octanol–water partition coefficient (Wildman–Crippen LogP) is -0.413. The molecule has 3 fully saturated rings. The molecule has 0 aromatic heterocycles. The summed E-state index contributed by atoms with van der Waals surface area (Å²) in [6.07, 6.45) is 2.64. The van der Waals surface area contributed by atoms with E-state index in [1.807, 2.05) is 4.90 Å². The zero-order valence-electron chi connectivity index (χ0n) is 12.0. The van der Waals surface area contributed by atoms with E-state index in [1.165, 1.54) is 19.4 Å². The summed E-state index contributed by atoms with van der Waals surface area (Å²) < 4.78 is 0. The van der Waals surface area contributed by atoms with Gasteiger partial charge < -0.3 is 10.2 Å². The van der Waals surface area contributed by atoms with E-state index in [4.69, 9.17) is 0 Å². The van der Waals surface area contributed by atoms with Crippen molar-refractivity contribution in [3.05, 3.63) is 0 Å². The van der Waals surface area contributed by atoms with Gasteiger partial charge in [0.15, 0.2) is 0 Å². The van der Waals surface area contributed by atoms with Gasteiger partial charge in [-0.2, -0.15) is 0 Å². The minimum Gasteiger partial charge on any atom is -0.339 e. The highest BCUT2D eigenvalue weighted by molar-refractivity contribution is 5.81. The fraction of sp³-hybridized carbons (Fsp3) is 0.929. The Labute approximate surface area is 115 Å². The minimum absolute atomic E-state index is 0.0563. The first-order chi connectivity index (χ1) is 9.25. The molecule has 5 nitrogen and oxygen atoms in total. The van der Waals surface area contributed by atoms with Crippen molar-refractivity contribution < 1.29 is 4.79 Å². The van der Waals surface area contributed by atoms with Gasteiger partial charge in [-0.15, -0.1) is 0 Å². The Morgan fingerprint density at radius 1 is 1.16 bits per heavy atom. The molecule has 3 rings (SSSR count). The molecule has 2 atom stereocenters. The Kier molecular flexibility index (Phi) is 4.05. The Balaban J connectivity index is 1.57. The van der Waals surface area contributed by atoms with Gasteiger partial charge in [-0.1, -0.05) is 0 Å². The van der Waals surface area contributed by atoms with Crippen molar-refractivity contribution in [1.29, 1.82) is 0 Å². The van der Waals surface area contributed by atoms with Crippen LogP contribution in [0.15, 0.2) is 0 Å². The third-order valence-corrected chi connectivity index (χ3v) is 4.95. The van der Waals surface area contributed by atoms with E-state index >= 15 is 0 Å². The van der Waals surface area contributed by atoms with Crippen LogP contribution in [0.3, 0.4) is 0 Å². The van der Waals surface area contributed by atoms with Crippen LogP contribution in [0.2, 0.25) is 0 Å². The SMILES string of the molecule is CC(C(=O)N1CCNCC1)N1CCN2CCCC2C1. The predicted molar refractivity (Wildman–Crippen MR) is 75.1 cm³/mol. The number of hydrogen-bond acceptors (Lipinski definition) is 4. The lowest BCUT2D eigenvalue weighted by Gasteiger charge is -2.41. The molecule has 108 valence electrons. The summed E-state index contributed by atoms with van der Waals surface area (Å²) in [5.74, 6) is 0.327. The molecule has 0 aliphatic carbocycles. The quantitative estimate of drug-likeness (QED) is 0.737. The first kappa shape index (κ1) is 13.3. The van der Waals surface area contributed by atoms with E-state index in [2.05, 4.69) is 22.0 Å². The highest BCUT2D eigenvalue weighted by atomic mass is 16.2. The summed E-state index contributed by atoms with van der Waals surface area (Å²) >= 11 is 0. The van der Waals surface area contributed by atoms with Gasteiger partial charge in [0.1, 0.15) is 0 Å². The zero-order valence-corrected chi connectivity index (χ0v) is 12.0. The van der Waals surface area contributed by atoms with Gasteiger partial charge in [0.05, 0.1) is 6.04 Å². The lowest BCUT2D eigenvalue weighted by molar-refractivity contribution is -0.138. The molecule has 0 bridgehead atoms. The largest absolute Gasteiger partial charge is 0.339 e. The Bertz CT molecular complexity index is 329. The second-order valence-corrected chi connectivity index (χ2v) is 6.08. The molecule has 3 saturated heterocycles. The molecule has 3 aliphatic rings. The summed E-state index contributed by atoms with van der Waals surface area (Å²) in [5.41, 5.74) is 0. The Morgan fingerprint density at radius 2 is 1.95 bits per heavy atom. The first-order valence-corrected chi connectivity index (χ1v) is 7.73. The minimum atomic E-state index is 0.0563. The molecule has 1 amide bonds. The number of amides is 1. The van der Waals surface area contributed by atoms with Crippen molar-refractivity contribution in [2.75, 3.05) is 52.4 Å². The number of nitrogens with one attached hydrogen (secondary N) is 1. The van der Waals surface area contributed by atoms with Gasteiger partial charge in [0, 0.05) is 51.9 Å². The summed E-state index contributed by atoms with van der Waals surface area (Å²) in [6.45, 7) is 10.2. The van der Waals surface area contributed by atoms with Gasteiger partial charge >= 0.3 is 0 Å². The Morgan fingerprint density at radius 3 is 2.74 bits per heavy atom. The van der Waals surface area contributed by atoms with Crippen LogP contribution in [0.4, 0.5) is 0 Å². The van der Waals surface area contributed by atoms with Crippen LogP contribution >= 0.6 is 0 Å². The first-order valence-electron chi connectivity index (χ1n) is 7.73. The maximum absolute atomic E-state index is 12.5. The second-order valence-electron chi connectivity index (χ2n) is 6.08. The normalized spacial score (nSPS) is 31.2. The molecule has 0 radical (unpaired) electrons. The van der Waals surface area contributed by atoms with E-state index < -0.39 is 0 Å². The van der Waals surface area contributed by atoms with Crippen LogP contribution in [0.5, 0.6) is 0 Å². The molecule has 19 heavy (non-hydrogen) atoms. The van der Waals surface area contributed by atoms with E-state index in [0.29, 0.717) is 11.9 Å². The maximum atomic E-state index is 12.5. The van der Waals surface area contributed by atoms with Crippen LogP contribution in [-0.4, -0.2) is 85.0 Å². The molecule has 1 N–H and O–H groups in total. The average Bonchev–Trinajstić information content (AvgIpc) is 2.94. The molecular weight excluding hydrogens is 240 g/mol. The van der Waals surface area contributed by atoms with Crippen LogP contribution < -0.4 is 5.32 Å². The monoisotopic (exact) mass is 266 g/mol. The van der Waals surface area contributed by atoms with Crippen molar-refractivity contribution >= 4 is 5.91 Å². The molecular formula is C14H26N4O. The fourth-order valence-corrected chi connectivity index (χ4v) is 3.67. The van der Waals surface area contributed by atoms with Crippen molar-refractivity contribution in [3.8, 4) is 0 Å². The summed E-state index contributed by atoms with van der Waals surface area (Å²) in [5, 5.41) is 3.30. The van der Waals surface area contributed by atoms with Crippen LogP contribution in [0.25, 0.3) is 0 Å². The third-order valence-electron chi connectivity index (χ3n) is 4.95. The number of fused-ring (bicyclic) bond motifs is 1. The number of hydrogen-bond donors (Lipinski definition) is 1. The topological polar surface area (TPSA) is 38.8 Å². The lowest BCUT2D eigenvalue weighted by Crippen LogP contribution is -2.58. The number of carbonyl (C=O) groups is 1. The molecule has 0 saturated carbocycles. The Hall–Kier alpha value is -0.650. The van der Waals surface area contributed by atoms with Crippen molar-refractivity contribution in [3.63, 3.8) is 0 Å². The molecule has 0 spiro atoms. The van der Waals surface area contributed by atoms with Gasteiger partial charge in [0.25, 0.3) is 0 Å². The number of rotatable bonds is 2. The van der Waals surface area contributed by atoms with Crippen molar-refractivity contribution in [1.82, 2.24) is 20.0 Å². The molecule has 0 aromatic rings. The molecule has 5 heteroatoms. The summed E-state index contributed by atoms with van der Waals surface area (Å²) in [4.78, 5) is 19.6. The number of carbonyl (C=O) groups excluding carboxylic acids is 1. The maximum Gasteiger partial charge on any atom is 0.239 e. The van der Waals surface area contributed by atoms with Crippen molar-refractivity contribution in [2.24, 2.45) is 0 Å². The average molecular weight is 266 g/mol. The van der Waals surface area contributed by atoms with E-state index in [0.717, 1.165) is 45.8 Å². The smallest absolute Gasteiger partial charge is 0.239 e. The molecule has 3 heterocycles. The van der Waals surface area contributed by atoms with Crippen molar-refractivity contribution in [2.45, 2.75) is 31.8 Å². The van der Waals surface area contributed by atoms with Gasteiger partial charge in [0.2, 0.25) is 5.91 Å². The summed E-state index contributed by atoms with van der Waals surface area (Å²) in [6, 6.07) is 0.757. The van der Waals surface area contributed by atoms with Crippen LogP contribution in [-0.2, 0) is 4.79 Å². The fourth-order valence-electron chi connectivity index (χ4n) is 3.67. The molecule has 3 aliphatic heterocycles. The van der Waals surface area contributed by atoms with E-state index in [9.17, 15) is 4.79 Å². The second kappa shape index (κ2) is 5.77. The zero-order chi connectivity index (χ0) is 13.2. The van der Waals surface area contributed by atoms with Crippen LogP contribution in [0.1, 0.15) is 19.8 Å². The van der Waals surface area contributed by atoms with E-state index in [-0.39, 0.29) is 6.04 Å². The van der Waals surface area contributed by atoms with Gasteiger partial charge in [-0.25, -0.2) is 0 Å². The summed E-state index contributed by atoms with van der Waals surface area (Å²) in [7, 11) is 0. The standard InChI is InChI=1S/C14H26N4O/c1-12(14(19)17-7-4-15-5-8-17)18-10-9-16-6-2-3-13(16)11-18/h12-13,15H,2-11H2,1H3. The highest BCUT2D eigenvalue weighted by Gasteiger charge is 2.35. The number of nitrogens with zero attached hydrogens (tertiary/aromatic N) is 3. The van der Waals surface area contributed by atoms with Gasteiger partial charge in [-0.05, 0) is 26.3 Å².